The second-order valence-corrected chi connectivity index (χ2v) is 5.48. The molecule has 1 aromatic carbocycles. The molecule has 0 radical (unpaired) electrons. The molecule has 6 heteroatoms. The van der Waals surface area contributed by atoms with Gasteiger partial charge in [0.2, 0.25) is 0 Å². The zero-order chi connectivity index (χ0) is 14.7. The highest BCUT2D eigenvalue weighted by Gasteiger charge is 2.24. The van der Waals surface area contributed by atoms with Gasteiger partial charge in [0.05, 0.1) is 0 Å². The van der Waals surface area contributed by atoms with Crippen LogP contribution in [0.2, 0.25) is 0 Å². The number of halogens is 2. The molecule has 20 heavy (non-hydrogen) atoms. The number of nitrogens with two attached hydrogens (primary N) is 1. The lowest BCUT2D eigenvalue weighted by Crippen LogP contribution is -2.36. The Kier molecular flexibility index (Phi) is 4.88. The summed E-state index contributed by atoms with van der Waals surface area (Å²) in [7, 11) is 1.67. The number of methoxy groups -OCH3 is 1. The molecule has 1 aromatic rings. The van der Waals surface area contributed by atoms with Crippen molar-refractivity contribution < 1.29 is 13.5 Å². The number of hydrogen-bond donors (Lipinski definition) is 1. The SMILES string of the molecule is COCC1CCN(c2c(F)cc(C(N)=S)cc2F)CC1. The smallest absolute Gasteiger partial charge is 0.150 e. The lowest BCUT2D eigenvalue weighted by atomic mass is 9.97. The van der Waals surface area contributed by atoms with Crippen molar-refractivity contribution in [3.8, 4) is 0 Å². The summed E-state index contributed by atoms with van der Waals surface area (Å²) >= 11 is 4.74. The Hall–Kier alpha value is -1.27. The summed E-state index contributed by atoms with van der Waals surface area (Å²) in [5, 5.41) is 0. The molecule has 1 aliphatic rings. The molecule has 0 spiro atoms. The van der Waals surface area contributed by atoms with Crippen LogP contribution in [0.1, 0.15) is 18.4 Å². The number of ether oxygens (including phenoxy) is 1. The fraction of sp³-hybridized carbons (Fsp3) is 0.500. The van der Waals surface area contributed by atoms with Crippen molar-refractivity contribution in [2.45, 2.75) is 12.8 Å². The number of thiocarbonyl (C=S) groups is 1. The van der Waals surface area contributed by atoms with Gasteiger partial charge in [0.1, 0.15) is 22.3 Å². The summed E-state index contributed by atoms with van der Waals surface area (Å²) < 4.78 is 33.3. The van der Waals surface area contributed by atoms with Crippen molar-refractivity contribution in [3.05, 3.63) is 29.3 Å². The number of hydrogen-bond acceptors (Lipinski definition) is 3. The first-order valence-corrected chi connectivity index (χ1v) is 6.96. The van der Waals surface area contributed by atoms with Gasteiger partial charge in [-0.1, -0.05) is 12.2 Å². The maximum absolute atomic E-state index is 14.1. The number of piperidine rings is 1. The number of anilines is 1. The van der Waals surface area contributed by atoms with Crippen molar-refractivity contribution >= 4 is 22.9 Å². The summed E-state index contributed by atoms with van der Waals surface area (Å²) in [6, 6.07) is 2.39. The Morgan fingerprint density at radius 2 is 1.90 bits per heavy atom. The third kappa shape index (κ3) is 3.24. The van der Waals surface area contributed by atoms with Gasteiger partial charge < -0.3 is 15.4 Å². The summed E-state index contributed by atoms with van der Waals surface area (Å²) in [5.74, 6) is -0.769. The highest BCUT2D eigenvalue weighted by molar-refractivity contribution is 7.80. The van der Waals surface area contributed by atoms with Gasteiger partial charge in [0, 0.05) is 32.4 Å². The number of benzene rings is 1. The van der Waals surface area contributed by atoms with Crippen LogP contribution in [0, 0.1) is 17.6 Å². The Morgan fingerprint density at radius 1 is 1.35 bits per heavy atom. The first kappa shape index (κ1) is 15.1. The predicted molar refractivity (Wildman–Crippen MR) is 79.1 cm³/mol. The van der Waals surface area contributed by atoms with Crippen LogP contribution in [-0.4, -0.2) is 31.8 Å². The minimum Gasteiger partial charge on any atom is -0.389 e. The average Bonchev–Trinajstić information content (AvgIpc) is 2.40. The molecule has 1 saturated heterocycles. The van der Waals surface area contributed by atoms with Crippen LogP contribution in [0.4, 0.5) is 14.5 Å². The fourth-order valence-electron chi connectivity index (χ4n) is 2.57. The molecule has 1 fully saturated rings. The van der Waals surface area contributed by atoms with E-state index in [0.29, 0.717) is 25.6 Å². The molecule has 2 N–H and O–H groups in total. The molecule has 0 saturated carbocycles. The topological polar surface area (TPSA) is 38.5 Å². The zero-order valence-electron chi connectivity index (χ0n) is 11.4. The highest BCUT2D eigenvalue weighted by atomic mass is 32.1. The summed E-state index contributed by atoms with van der Waals surface area (Å²) in [5.41, 5.74) is 5.63. The number of nitrogens with zero attached hydrogens (tertiary/aromatic N) is 1. The first-order valence-electron chi connectivity index (χ1n) is 6.55. The Labute approximate surface area is 122 Å². The van der Waals surface area contributed by atoms with E-state index in [0.717, 1.165) is 12.8 Å². The zero-order valence-corrected chi connectivity index (χ0v) is 12.2. The van der Waals surface area contributed by atoms with Crippen LogP contribution in [-0.2, 0) is 4.74 Å². The molecule has 2 rings (SSSR count). The van der Waals surface area contributed by atoms with Crippen molar-refractivity contribution in [2.75, 3.05) is 31.7 Å². The lowest BCUT2D eigenvalue weighted by Gasteiger charge is -2.33. The Balaban J connectivity index is 2.16. The van der Waals surface area contributed by atoms with Gasteiger partial charge in [0.15, 0.2) is 0 Å². The van der Waals surface area contributed by atoms with E-state index in [1.165, 1.54) is 12.1 Å². The van der Waals surface area contributed by atoms with Gasteiger partial charge in [-0.25, -0.2) is 8.78 Å². The van der Waals surface area contributed by atoms with Crippen molar-refractivity contribution in [1.29, 1.82) is 0 Å². The van der Waals surface area contributed by atoms with E-state index in [4.69, 9.17) is 22.7 Å². The van der Waals surface area contributed by atoms with Crippen LogP contribution in [0.3, 0.4) is 0 Å². The molecule has 0 unspecified atom stereocenters. The van der Waals surface area contributed by atoms with E-state index in [1.807, 2.05) is 0 Å². The maximum Gasteiger partial charge on any atom is 0.150 e. The van der Waals surface area contributed by atoms with Gasteiger partial charge in [-0.2, -0.15) is 0 Å². The van der Waals surface area contributed by atoms with Crippen LogP contribution < -0.4 is 10.6 Å². The molecule has 1 aliphatic heterocycles. The third-order valence-corrected chi connectivity index (χ3v) is 3.87. The first-order chi connectivity index (χ1) is 9.52. The van der Waals surface area contributed by atoms with Crippen molar-refractivity contribution in [3.63, 3.8) is 0 Å². The van der Waals surface area contributed by atoms with Crippen LogP contribution >= 0.6 is 12.2 Å². The van der Waals surface area contributed by atoms with Crippen molar-refractivity contribution in [1.82, 2.24) is 0 Å². The molecular weight excluding hydrogens is 282 g/mol. The predicted octanol–water partition coefficient (Wildman–Crippen LogP) is 2.46. The molecule has 0 amide bonds. The third-order valence-electron chi connectivity index (χ3n) is 3.63. The van der Waals surface area contributed by atoms with E-state index in [1.54, 1.807) is 12.0 Å². The Morgan fingerprint density at radius 3 is 2.35 bits per heavy atom. The summed E-state index contributed by atoms with van der Waals surface area (Å²) in [4.78, 5) is 1.73. The van der Waals surface area contributed by atoms with Crippen LogP contribution in [0.15, 0.2) is 12.1 Å². The molecule has 0 aromatic heterocycles. The van der Waals surface area contributed by atoms with E-state index in [9.17, 15) is 8.78 Å². The minimum atomic E-state index is -0.613. The normalized spacial score (nSPS) is 16.4. The van der Waals surface area contributed by atoms with Gasteiger partial charge in [-0.05, 0) is 30.9 Å². The second kappa shape index (κ2) is 6.45. The van der Waals surface area contributed by atoms with Crippen LogP contribution in [0.5, 0.6) is 0 Å². The molecular formula is C14H18F2N2OS. The molecule has 1 heterocycles. The quantitative estimate of drug-likeness (QED) is 0.867. The van der Waals surface area contributed by atoms with E-state index in [2.05, 4.69) is 0 Å². The highest BCUT2D eigenvalue weighted by Crippen LogP contribution is 2.29. The molecule has 0 bridgehead atoms. The van der Waals surface area contributed by atoms with E-state index in [-0.39, 0.29) is 16.2 Å². The van der Waals surface area contributed by atoms with E-state index < -0.39 is 11.6 Å². The monoisotopic (exact) mass is 300 g/mol. The molecule has 3 nitrogen and oxygen atoms in total. The van der Waals surface area contributed by atoms with E-state index >= 15 is 0 Å². The number of rotatable bonds is 4. The minimum absolute atomic E-state index is 0.00634. The average molecular weight is 300 g/mol. The fourth-order valence-corrected chi connectivity index (χ4v) is 2.69. The standard InChI is InChI=1S/C14H18F2N2OS/c1-19-8-9-2-4-18(5-3-9)13-11(15)6-10(14(17)20)7-12(13)16/h6-7,9H,2-5,8H2,1H3,(H2,17,20). The van der Waals surface area contributed by atoms with Gasteiger partial charge in [-0.15, -0.1) is 0 Å². The molecule has 110 valence electrons. The van der Waals surface area contributed by atoms with Gasteiger partial charge in [0.25, 0.3) is 0 Å². The second-order valence-electron chi connectivity index (χ2n) is 5.04. The van der Waals surface area contributed by atoms with Crippen molar-refractivity contribution in [2.24, 2.45) is 11.7 Å². The van der Waals surface area contributed by atoms with Gasteiger partial charge in [-0.3, -0.25) is 0 Å². The summed E-state index contributed by atoms with van der Waals surface area (Å²) in [6.45, 7) is 1.93. The Bertz CT molecular complexity index is 479. The summed E-state index contributed by atoms with van der Waals surface area (Å²) in [6.07, 6.45) is 1.73. The maximum atomic E-state index is 14.1. The van der Waals surface area contributed by atoms with Gasteiger partial charge >= 0.3 is 0 Å². The molecule has 0 aliphatic carbocycles. The lowest BCUT2D eigenvalue weighted by molar-refractivity contribution is 0.139. The largest absolute Gasteiger partial charge is 0.389 e. The molecule has 0 atom stereocenters. The van der Waals surface area contributed by atoms with Crippen LogP contribution in [0.25, 0.3) is 0 Å².